The number of anilines is 2. The Balaban J connectivity index is 1.61. The molecule has 2 N–H and O–H groups in total. The third-order valence-corrected chi connectivity index (χ3v) is 6.54. The van der Waals surface area contributed by atoms with Crippen molar-refractivity contribution in [2.24, 2.45) is 0 Å². The second-order valence-corrected chi connectivity index (χ2v) is 8.81. The molecule has 0 fully saturated rings. The first kappa shape index (κ1) is 21.4. The van der Waals surface area contributed by atoms with Crippen LogP contribution in [0, 0.1) is 0 Å². The smallest absolute Gasteiger partial charge is 0.253 e. The number of benzene rings is 3. The molecule has 4 rings (SSSR count). The maximum Gasteiger partial charge on any atom is 0.253 e. The van der Waals surface area contributed by atoms with Crippen LogP contribution in [0.5, 0.6) is 0 Å². The van der Waals surface area contributed by atoms with Gasteiger partial charge < -0.3 is 15.4 Å². The van der Waals surface area contributed by atoms with E-state index in [4.69, 9.17) is 4.74 Å². The summed E-state index contributed by atoms with van der Waals surface area (Å²) in [5.41, 5.74) is 1.75. The van der Waals surface area contributed by atoms with Crippen LogP contribution in [0.25, 0.3) is 10.9 Å². The molecule has 0 aliphatic rings. The van der Waals surface area contributed by atoms with Gasteiger partial charge in [0.1, 0.15) is 18.9 Å². The summed E-state index contributed by atoms with van der Waals surface area (Å²) in [5, 5.41) is 6.46. The van der Waals surface area contributed by atoms with Crippen LogP contribution in [0.4, 0.5) is 11.5 Å². The van der Waals surface area contributed by atoms with Crippen molar-refractivity contribution < 1.29 is 17.9 Å². The number of amides is 1. The van der Waals surface area contributed by atoms with Crippen molar-refractivity contribution in [1.29, 1.82) is 0 Å². The van der Waals surface area contributed by atoms with E-state index < -0.39 is 9.84 Å². The van der Waals surface area contributed by atoms with Crippen LogP contribution in [0.2, 0.25) is 0 Å². The van der Waals surface area contributed by atoms with Crippen molar-refractivity contribution in [3.05, 3.63) is 84.7 Å². The SMILES string of the molecule is COCNC(=O)c1ccc2ncnc(Nc3ccc(S(=O)(=O)c4ccccc4)cc3)c2c1. The minimum atomic E-state index is -3.59. The molecule has 3 aromatic carbocycles. The number of ether oxygens (including phenoxy) is 1. The molecule has 0 aliphatic heterocycles. The van der Waals surface area contributed by atoms with Gasteiger partial charge in [0, 0.05) is 23.7 Å². The minimum absolute atomic E-state index is 0.103. The van der Waals surface area contributed by atoms with Crippen LogP contribution in [0.1, 0.15) is 10.4 Å². The maximum atomic E-state index is 12.8. The molecule has 0 saturated carbocycles. The minimum Gasteiger partial charge on any atom is -0.364 e. The van der Waals surface area contributed by atoms with Crippen LogP contribution in [-0.4, -0.2) is 38.1 Å². The van der Waals surface area contributed by atoms with Crippen molar-refractivity contribution in [1.82, 2.24) is 15.3 Å². The number of carbonyl (C=O) groups is 1. The molecular weight excluding hydrogens is 428 g/mol. The molecule has 162 valence electrons. The fourth-order valence-corrected chi connectivity index (χ4v) is 4.41. The van der Waals surface area contributed by atoms with Gasteiger partial charge in [-0.3, -0.25) is 4.79 Å². The molecule has 4 aromatic rings. The van der Waals surface area contributed by atoms with Crippen molar-refractivity contribution in [2.45, 2.75) is 9.79 Å². The molecule has 9 heteroatoms. The van der Waals surface area contributed by atoms with E-state index in [1.807, 2.05) is 0 Å². The van der Waals surface area contributed by atoms with Gasteiger partial charge in [-0.15, -0.1) is 0 Å². The zero-order chi connectivity index (χ0) is 22.6. The number of sulfone groups is 1. The van der Waals surface area contributed by atoms with Gasteiger partial charge in [0.15, 0.2) is 0 Å². The molecule has 1 heterocycles. The van der Waals surface area contributed by atoms with Crippen LogP contribution in [0.3, 0.4) is 0 Å². The topological polar surface area (TPSA) is 110 Å². The molecule has 0 saturated heterocycles. The van der Waals surface area contributed by atoms with Gasteiger partial charge in [0.05, 0.1) is 15.3 Å². The van der Waals surface area contributed by atoms with E-state index in [2.05, 4.69) is 20.6 Å². The molecule has 1 aromatic heterocycles. The second-order valence-electron chi connectivity index (χ2n) is 6.86. The maximum absolute atomic E-state index is 12.8. The highest BCUT2D eigenvalue weighted by Crippen LogP contribution is 2.26. The number of aromatic nitrogens is 2. The van der Waals surface area contributed by atoms with Gasteiger partial charge in [0.2, 0.25) is 9.84 Å². The number of methoxy groups -OCH3 is 1. The van der Waals surface area contributed by atoms with E-state index in [-0.39, 0.29) is 22.4 Å². The Labute approximate surface area is 185 Å². The predicted octanol–water partition coefficient (Wildman–Crippen LogP) is 3.54. The van der Waals surface area contributed by atoms with Crippen molar-refractivity contribution in [2.75, 3.05) is 19.2 Å². The van der Waals surface area contributed by atoms with Crippen molar-refractivity contribution in [3.8, 4) is 0 Å². The summed E-state index contributed by atoms with van der Waals surface area (Å²) in [6.07, 6.45) is 1.42. The molecule has 32 heavy (non-hydrogen) atoms. The lowest BCUT2D eigenvalue weighted by atomic mass is 10.1. The standard InChI is InChI=1S/C23H20N4O4S/c1-31-15-26-23(28)16-7-12-21-20(13-16)22(25-14-24-21)27-17-8-10-19(11-9-17)32(29,30)18-5-3-2-4-6-18/h2-14H,15H2,1H3,(H,26,28)(H,24,25,27). The number of hydrogen-bond donors (Lipinski definition) is 2. The van der Waals surface area contributed by atoms with Gasteiger partial charge in [-0.2, -0.15) is 0 Å². The Kier molecular flexibility index (Phi) is 6.11. The van der Waals surface area contributed by atoms with Crippen LogP contribution < -0.4 is 10.6 Å². The Morgan fingerprint density at radius 1 is 0.938 bits per heavy atom. The number of rotatable bonds is 7. The lowest BCUT2D eigenvalue weighted by Crippen LogP contribution is -2.25. The van der Waals surface area contributed by atoms with E-state index in [1.54, 1.807) is 60.7 Å². The number of nitrogens with one attached hydrogen (secondary N) is 2. The Hall–Kier alpha value is -3.82. The first-order valence-electron chi connectivity index (χ1n) is 9.68. The van der Waals surface area contributed by atoms with Gasteiger partial charge in [-0.1, -0.05) is 18.2 Å². The quantitative estimate of drug-likeness (QED) is 0.416. The Bertz CT molecular complexity index is 1360. The van der Waals surface area contributed by atoms with Crippen molar-refractivity contribution in [3.63, 3.8) is 0 Å². The zero-order valence-electron chi connectivity index (χ0n) is 17.1. The van der Waals surface area contributed by atoms with E-state index in [1.165, 1.54) is 25.6 Å². The van der Waals surface area contributed by atoms with E-state index in [0.29, 0.717) is 28.0 Å². The third-order valence-electron chi connectivity index (χ3n) is 4.76. The Morgan fingerprint density at radius 3 is 2.38 bits per heavy atom. The number of nitrogens with zero attached hydrogens (tertiary/aromatic N) is 2. The zero-order valence-corrected chi connectivity index (χ0v) is 18.0. The average molecular weight is 449 g/mol. The summed E-state index contributed by atoms with van der Waals surface area (Å²) >= 11 is 0. The lowest BCUT2D eigenvalue weighted by Gasteiger charge is -2.11. The lowest BCUT2D eigenvalue weighted by molar-refractivity contribution is 0.0872. The summed E-state index contributed by atoms with van der Waals surface area (Å²) < 4.78 is 30.4. The first-order valence-corrected chi connectivity index (χ1v) is 11.2. The highest BCUT2D eigenvalue weighted by Gasteiger charge is 2.17. The average Bonchev–Trinajstić information content (AvgIpc) is 2.83. The van der Waals surface area contributed by atoms with E-state index in [0.717, 1.165) is 0 Å². The third kappa shape index (κ3) is 4.43. The number of carbonyl (C=O) groups excluding carboxylic acids is 1. The monoisotopic (exact) mass is 448 g/mol. The van der Waals surface area contributed by atoms with Gasteiger partial charge in [-0.05, 0) is 54.6 Å². The first-order chi connectivity index (χ1) is 15.5. The van der Waals surface area contributed by atoms with Gasteiger partial charge >= 0.3 is 0 Å². The predicted molar refractivity (Wildman–Crippen MR) is 120 cm³/mol. The van der Waals surface area contributed by atoms with E-state index >= 15 is 0 Å². The second kappa shape index (κ2) is 9.13. The molecule has 0 atom stereocenters. The summed E-state index contributed by atoms with van der Waals surface area (Å²) in [6.45, 7) is 0.103. The molecular formula is C23H20N4O4S. The summed E-state index contributed by atoms with van der Waals surface area (Å²) in [7, 11) is -2.10. The highest BCUT2D eigenvalue weighted by atomic mass is 32.2. The van der Waals surface area contributed by atoms with Crippen LogP contribution >= 0.6 is 0 Å². The molecule has 0 aliphatic carbocycles. The van der Waals surface area contributed by atoms with Crippen LogP contribution in [-0.2, 0) is 14.6 Å². The van der Waals surface area contributed by atoms with Crippen molar-refractivity contribution >= 4 is 38.2 Å². The normalized spacial score (nSPS) is 11.3. The molecule has 0 bridgehead atoms. The number of fused-ring (bicyclic) bond motifs is 1. The largest absolute Gasteiger partial charge is 0.364 e. The summed E-state index contributed by atoms with van der Waals surface area (Å²) in [6, 6.07) is 19.8. The number of hydrogen-bond acceptors (Lipinski definition) is 7. The fraction of sp³-hybridized carbons (Fsp3) is 0.0870. The molecule has 0 spiro atoms. The van der Waals surface area contributed by atoms with Gasteiger partial charge in [-0.25, -0.2) is 18.4 Å². The fourth-order valence-electron chi connectivity index (χ4n) is 3.13. The molecule has 8 nitrogen and oxygen atoms in total. The van der Waals surface area contributed by atoms with E-state index in [9.17, 15) is 13.2 Å². The summed E-state index contributed by atoms with van der Waals surface area (Å²) in [4.78, 5) is 21.2. The summed E-state index contributed by atoms with van der Waals surface area (Å²) in [5.74, 6) is 0.217. The van der Waals surface area contributed by atoms with Gasteiger partial charge in [0.25, 0.3) is 5.91 Å². The molecule has 0 unspecified atom stereocenters. The molecule has 1 amide bonds. The van der Waals surface area contributed by atoms with Crippen LogP contribution in [0.15, 0.2) is 88.9 Å². The highest BCUT2D eigenvalue weighted by molar-refractivity contribution is 7.91. The Morgan fingerprint density at radius 2 is 1.66 bits per heavy atom. The molecule has 0 radical (unpaired) electrons.